The van der Waals surface area contributed by atoms with Crippen molar-refractivity contribution in [3.63, 3.8) is 0 Å². The number of carbonyl (C=O) groups is 1. The van der Waals surface area contributed by atoms with Crippen LogP contribution in [0.5, 0.6) is 5.75 Å². The number of benzene rings is 1. The SMILES string of the molecule is Cc1cc(C)cc(OCCN(C)C(=O)c2ccoc2Br)c1. The van der Waals surface area contributed by atoms with Gasteiger partial charge in [0, 0.05) is 7.05 Å². The Bertz CT molecular complexity index is 616. The zero-order valence-electron chi connectivity index (χ0n) is 12.4. The molecule has 2 rings (SSSR count). The van der Waals surface area contributed by atoms with Crippen molar-refractivity contribution in [1.29, 1.82) is 0 Å². The molecule has 0 spiro atoms. The van der Waals surface area contributed by atoms with Crippen molar-refractivity contribution in [2.24, 2.45) is 0 Å². The number of ether oxygens (including phenoxy) is 1. The molecule has 4 nitrogen and oxygen atoms in total. The number of carbonyl (C=O) groups excluding carboxylic acids is 1. The van der Waals surface area contributed by atoms with E-state index in [1.807, 2.05) is 26.0 Å². The summed E-state index contributed by atoms with van der Waals surface area (Å²) in [7, 11) is 1.74. The minimum atomic E-state index is -0.0975. The van der Waals surface area contributed by atoms with Gasteiger partial charge in [-0.3, -0.25) is 4.79 Å². The summed E-state index contributed by atoms with van der Waals surface area (Å²) in [6.45, 7) is 5.02. The van der Waals surface area contributed by atoms with Gasteiger partial charge in [0.1, 0.15) is 12.4 Å². The van der Waals surface area contributed by atoms with Crippen molar-refractivity contribution in [1.82, 2.24) is 4.90 Å². The predicted octanol–water partition coefficient (Wildman–Crippen LogP) is 3.81. The van der Waals surface area contributed by atoms with E-state index in [2.05, 4.69) is 22.0 Å². The molecule has 1 aromatic carbocycles. The van der Waals surface area contributed by atoms with E-state index in [1.165, 1.54) is 6.26 Å². The van der Waals surface area contributed by atoms with Crippen molar-refractivity contribution < 1.29 is 13.9 Å². The third-order valence-electron chi connectivity index (χ3n) is 3.09. The molecule has 112 valence electrons. The molecule has 1 heterocycles. The first-order valence-corrected chi connectivity index (χ1v) is 7.46. The lowest BCUT2D eigenvalue weighted by molar-refractivity contribution is 0.0771. The van der Waals surface area contributed by atoms with Crippen LogP contribution in [0, 0.1) is 13.8 Å². The number of hydrogen-bond acceptors (Lipinski definition) is 3. The number of furan rings is 1. The minimum absolute atomic E-state index is 0.0975. The van der Waals surface area contributed by atoms with Crippen LogP contribution in [-0.2, 0) is 0 Å². The monoisotopic (exact) mass is 351 g/mol. The number of amides is 1. The van der Waals surface area contributed by atoms with E-state index >= 15 is 0 Å². The summed E-state index contributed by atoms with van der Waals surface area (Å²) in [5.74, 6) is 0.734. The standard InChI is InChI=1S/C16H18BrNO3/c1-11-8-12(2)10-13(9-11)20-7-5-18(3)16(19)14-4-6-21-15(14)17/h4,6,8-10H,5,7H2,1-3H3. The van der Waals surface area contributed by atoms with E-state index in [0.717, 1.165) is 16.9 Å². The Morgan fingerprint density at radius 3 is 2.52 bits per heavy atom. The van der Waals surface area contributed by atoms with Crippen LogP contribution in [0.4, 0.5) is 0 Å². The fourth-order valence-corrected chi connectivity index (χ4v) is 2.48. The molecule has 1 aromatic heterocycles. The molecule has 0 saturated carbocycles. The Hall–Kier alpha value is -1.75. The first-order valence-electron chi connectivity index (χ1n) is 6.67. The van der Waals surface area contributed by atoms with Crippen LogP contribution < -0.4 is 4.74 Å². The van der Waals surface area contributed by atoms with Gasteiger partial charge in [0.15, 0.2) is 4.67 Å². The fraction of sp³-hybridized carbons (Fsp3) is 0.312. The molecule has 0 aliphatic carbocycles. The highest BCUT2D eigenvalue weighted by Gasteiger charge is 2.16. The number of nitrogens with zero attached hydrogens (tertiary/aromatic N) is 1. The van der Waals surface area contributed by atoms with Gasteiger partial charge < -0.3 is 14.1 Å². The maximum Gasteiger partial charge on any atom is 0.258 e. The fourth-order valence-electron chi connectivity index (χ4n) is 2.07. The third-order valence-corrected chi connectivity index (χ3v) is 3.70. The highest BCUT2D eigenvalue weighted by atomic mass is 79.9. The topological polar surface area (TPSA) is 42.7 Å². The maximum atomic E-state index is 12.2. The summed E-state index contributed by atoms with van der Waals surface area (Å²) in [5.41, 5.74) is 2.84. The normalized spacial score (nSPS) is 10.5. The largest absolute Gasteiger partial charge is 0.492 e. The van der Waals surface area contributed by atoms with Crippen LogP contribution in [0.3, 0.4) is 0 Å². The summed E-state index contributed by atoms with van der Waals surface area (Å²) in [5, 5.41) is 0. The Kier molecular flexibility index (Phi) is 5.07. The molecule has 0 unspecified atom stereocenters. The summed E-state index contributed by atoms with van der Waals surface area (Å²) in [4.78, 5) is 13.8. The first-order chi connectivity index (χ1) is 9.97. The van der Waals surface area contributed by atoms with E-state index in [9.17, 15) is 4.79 Å². The van der Waals surface area contributed by atoms with Crippen LogP contribution in [0.1, 0.15) is 21.5 Å². The molecule has 1 amide bonds. The number of likely N-dealkylation sites (N-methyl/N-ethyl adjacent to an activating group) is 1. The molecule has 21 heavy (non-hydrogen) atoms. The first kappa shape index (κ1) is 15.6. The number of hydrogen-bond donors (Lipinski definition) is 0. The second kappa shape index (κ2) is 6.80. The Morgan fingerprint density at radius 2 is 1.95 bits per heavy atom. The van der Waals surface area contributed by atoms with E-state index in [-0.39, 0.29) is 5.91 Å². The summed E-state index contributed by atoms with van der Waals surface area (Å²) < 4.78 is 11.2. The van der Waals surface area contributed by atoms with Crippen molar-refractivity contribution in [2.45, 2.75) is 13.8 Å². The molecule has 0 N–H and O–H groups in total. The van der Waals surface area contributed by atoms with Crippen molar-refractivity contribution in [3.05, 3.63) is 51.9 Å². The highest BCUT2D eigenvalue weighted by Crippen LogP contribution is 2.19. The van der Waals surface area contributed by atoms with E-state index in [4.69, 9.17) is 9.15 Å². The van der Waals surface area contributed by atoms with Gasteiger partial charge in [-0.1, -0.05) is 6.07 Å². The molecule has 0 fully saturated rings. The van der Waals surface area contributed by atoms with Gasteiger partial charge >= 0.3 is 0 Å². The smallest absolute Gasteiger partial charge is 0.258 e. The number of aryl methyl sites for hydroxylation is 2. The molecule has 0 bridgehead atoms. The average molecular weight is 352 g/mol. The van der Waals surface area contributed by atoms with Gasteiger partial charge in [-0.15, -0.1) is 0 Å². The maximum absolute atomic E-state index is 12.2. The van der Waals surface area contributed by atoms with Gasteiger partial charge in [-0.05, 0) is 59.1 Å². The quantitative estimate of drug-likeness (QED) is 0.822. The predicted molar refractivity (Wildman–Crippen MR) is 84.8 cm³/mol. The lowest BCUT2D eigenvalue weighted by Gasteiger charge is -2.17. The summed E-state index contributed by atoms with van der Waals surface area (Å²) >= 11 is 3.21. The lowest BCUT2D eigenvalue weighted by atomic mass is 10.1. The minimum Gasteiger partial charge on any atom is -0.492 e. The average Bonchev–Trinajstić information content (AvgIpc) is 2.83. The molecule has 0 aliphatic heterocycles. The van der Waals surface area contributed by atoms with E-state index in [0.29, 0.717) is 23.4 Å². The Morgan fingerprint density at radius 1 is 1.29 bits per heavy atom. The van der Waals surface area contributed by atoms with Crippen LogP contribution in [-0.4, -0.2) is 31.0 Å². The van der Waals surface area contributed by atoms with Crippen molar-refractivity contribution >= 4 is 21.8 Å². The molecule has 0 radical (unpaired) electrons. The molecule has 0 atom stereocenters. The van der Waals surface area contributed by atoms with Crippen molar-refractivity contribution in [2.75, 3.05) is 20.2 Å². The lowest BCUT2D eigenvalue weighted by Crippen LogP contribution is -2.30. The zero-order valence-corrected chi connectivity index (χ0v) is 13.9. The van der Waals surface area contributed by atoms with Crippen molar-refractivity contribution in [3.8, 4) is 5.75 Å². The van der Waals surface area contributed by atoms with Gasteiger partial charge in [0.2, 0.25) is 0 Å². The number of halogens is 1. The van der Waals surface area contributed by atoms with Gasteiger partial charge in [0.05, 0.1) is 18.4 Å². The summed E-state index contributed by atoms with van der Waals surface area (Å²) in [6, 6.07) is 7.72. The third kappa shape index (κ3) is 4.11. The van der Waals surface area contributed by atoms with Crippen LogP contribution in [0.15, 0.2) is 39.6 Å². The Balaban J connectivity index is 1.88. The second-order valence-electron chi connectivity index (χ2n) is 5.01. The molecule has 2 aromatic rings. The van der Waals surface area contributed by atoms with Crippen LogP contribution in [0.2, 0.25) is 0 Å². The molecule has 0 saturated heterocycles. The van der Waals surface area contributed by atoms with Crippen LogP contribution >= 0.6 is 15.9 Å². The number of rotatable bonds is 5. The molecule has 0 aliphatic rings. The molecule has 5 heteroatoms. The van der Waals surface area contributed by atoms with Gasteiger partial charge in [0.25, 0.3) is 5.91 Å². The molecular formula is C16H18BrNO3. The van der Waals surface area contributed by atoms with Gasteiger partial charge in [-0.2, -0.15) is 0 Å². The van der Waals surface area contributed by atoms with E-state index in [1.54, 1.807) is 18.0 Å². The zero-order chi connectivity index (χ0) is 15.4. The highest BCUT2D eigenvalue weighted by molar-refractivity contribution is 9.10. The summed E-state index contributed by atoms with van der Waals surface area (Å²) in [6.07, 6.45) is 1.48. The molecular weight excluding hydrogens is 334 g/mol. The van der Waals surface area contributed by atoms with E-state index < -0.39 is 0 Å². The van der Waals surface area contributed by atoms with Gasteiger partial charge in [-0.25, -0.2) is 0 Å². The second-order valence-corrected chi connectivity index (χ2v) is 5.73. The Labute approximate surface area is 132 Å². The van der Waals surface area contributed by atoms with Crippen LogP contribution in [0.25, 0.3) is 0 Å².